The lowest BCUT2D eigenvalue weighted by atomic mass is 9.97. The molecule has 0 bridgehead atoms. The third-order valence-electron chi connectivity index (χ3n) is 5.03. The molecular weight excluding hydrogens is 330 g/mol. The van der Waals surface area contributed by atoms with Crippen molar-refractivity contribution in [1.29, 1.82) is 0 Å². The second-order valence-corrected chi connectivity index (χ2v) is 6.62. The lowest BCUT2D eigenvalue weighted by Crippen LogP contribution is -2.01. The van der Waals surface area contributed by atoms with Crippen molar-refractivity contribution in [2.45, 2.75) is 0 Å². The van der Waals surface area contributed by atoms with E-state index in [1.165, 1.54) is 0 Å². The van der Waals surface area contributed by atoms with E-state index in [9.17, 15) is 4.79 Å². The molecule has 2 nitrogen and oxygen atoms in total. The molecule has 0 atom stereocenters. The van der Waals surface area contributed by atoms with Gasteiger partial charge in [0.2, 0.25) is 0 Å². The zero-order valence-electron chi connectivity index (χ0n) is 14.7. The van der Waals surface area contributed by atoms with E-state index in [1.54, 1.807) is 0 Å². The minimum atomic E-state index is 0.0534. The molecule has 4 aromatic carbocycles. The molecule has 5 rings (SSSR count). The van der Waals surface area contributed by atoms with Gasteiger partial charge in [-0.2, -0.15) is 0 Å². The van der Waals surface area contributed by atoms with Gasteiger partial charge in [-0.15, -0.1) is 0 Å². The summed E-state index contributed by atoms with van der Waals surface area (Å²) in [7, 11) is 0. The van der Waals surface area contributed by atoms with Crippen LogP contribution in [-0.4, -0.2) is 10.4 Å². The summed E-state index contributed by atoms with van der Waals surface area (Å²) in [4.78, 5) is 13.5. The van der Waals surface area contributed by atoms with E-state index in [0.29, 0.717) is 0 Å². The van der Waals surface area contributed by atoms with Crippen LogP contribution in [0.3, 0.4) is 0 Å². The molecule has 0 radical (unpaired) electrons. The summed E-state index contributed by atoms with van der Waals surface area (Å²) in [5, 5.41) is 3.04. The first-order chi connectivity index (χ1) is 13.3. The summed E-state index contributed by atoms with van der Waals surface area (Å²) in [6.45, 7) is 0. The number of hydrogen-bond acceptors (Lipinski definition) is 1. The number of ketones is 1. The van der Waals surface area contributed by atoms with Crippen LogP contribution in [0.2, 0.25) is 0 Å². The highest BCUT2D eigenvalue weighted by molar-refractivity contribution is 6.21. The van der Waals surface area contributed by atoms with Crippen molar-refractivity contribution in [1.82, 2.24) is 4.57 Å². The maximum Gasteiger partial charge on any atom is 0.195 e. The van der Waals surface area contributed by atoms with Crippen molar-refractivity contribution in [2.75, 3.05) is 0 Å². The van der Waals surface area contributed by atoms with Crippen molar-refractivity contribution in [2.24, 2.45) is 0 Å². The molecule has 0 aliphatic heterocycles. The highest BCUT2D eigenvalue weighted by Crippen LogP contribution is 2.29. The minimum Gasteiger partial charge on any atom is -0.316 e. The van der Waals surface area contributed by atoms with E-state index in [1.807, 2.05) is 85.1 Å². The summed E-state index contributed by atoms with van der Waals surface area (Å²) in [6.07, 6.45) is 1.96. The van der Waals surface area contributed by atoms with Gasteiger partial charge in [0, 0.05) is 28.4 Å². The van der Waals surface area contributed by atoms with E-state index < -0.39 is 0 Å². The molecule has 5 aromatic rings. The van der Waals surface area contributed by atoms with E-state index in [0.717, 1.165) is 38.5 Å². The van der Waals surface area contributed by atoms with Gasteiger partial charge in [-0.3, -0.25) is 4.79 Å². The van der Waals surface area contributed by atoms with Crippen LogP contribution in [-0.2, 0) is 0 Å². The summed E-state index contributed by atoms with van der Waals surface area (Å²) in [5.41, 5.74) is 3.55. The molecular formula is C25H17NO. The third-order valence-corrected chi connectivity index (χ3v) is 5.03. The second-order valence-electron chi connectivity index (χ2n) is 6.62. The number of benzene rings is 4. The first-order valence-electron chi connectivity index (χ1n) is 9.01. The van der Waals surface area contributed by atoms with Gasteiger partial charge in [-0.25, -0.2) is 0 Å². The molecule has 0 amide bonds. The zero-order chi connectivity index (χ0) is 18.2. The number of hydrogen-bond donors (Lipinski definition) is 0. The van der Waals surface area contributed by atoms with Crippen LogP contribution in [0.5, 0.6) is 0 Å². The van der Waals surface area contributed by atoms with Gasteiger partial charge in [0.25, 0.3) is 0 Å². The van der Waals surface area contributed by atoms with Gasteiger partial charge in [-0.05, 0) is 29.0 Å². The molecule has 27 heavy (non-hydrogen) atoms. The highest BCUT2D eigenvalue weighted by atomic mass is 16.1. The van der Waals surface area contributed by atoms with Gasteiger partial charge < -0.3 is 4.57 Å². The SMILES string of the molecule is O=C(c1cccc2ccccc12)c1cn(-c2ccccc2)c2ccccc12. The number of rotatable bonds is 3. The van der Waals surface area contributed by atoms with Crippen LogP contribution < -0.4 is 0 Å². The van der Waals surface area contributed by atoms with Crippen LogP contribution in [0.25, 0.3) is 27.4 Å². The monoisotopic (exact) mass is 347 g/mol. The Balaban J connectivity index is 1.75. The Labute approximate surface area is 157 Å². The minimum absolute atomic E-state index is 0.0534. The molecule has 0 N–H and O–H groups in total. The third kappa shape index (κ3) is 2.54. The van der Waals surface area contributed by atoms with Crippen LogP contribution in [0, 0.1) is 0 Å². The molecule has 0 saturated carbocycles. The van der Waals surface area contributed by atoms with Crippen LogP contribution in [0.1, 0.15) is 15.9 Å². The Bertz CT molecular complexity index is 1280. The number of nitrogens with zero attached hydrogens (tertiary/aromatic N) is 1. The number of carbonyl (C=O) groups excluding carboxylic acids is 1. The fraction of sp³-hybridized carbons (Fsp3) is 0. The van der Waals surface area contributed by atoms with E-state index in [-0.39, 0.29) is 5.78 Å². The zero-order valence-corrected chi connectivity index (χ0v) is 14.7. The largest absolute Gasteiger partial charge is 0.316 e. The predicted molar refractivity (Wildman–Crippen MR) is 111 cm³/mol. The molecule has 2 heteroatoms. The van der Waals surface area contributed by atoms with Gasteiger partial charge in [0.05, 0.1) is 5.52 Å². The normalized spacial score (nSPS) is 11.1. The molecule has 128 valence electrons. The van der Waals surface area contributed by atoms with Gasteiger partial charge in [0.15, 0.2) is 5.78 Å². The quantitative estimate of drug-likeness (QED) is 0.366. The first-order valence-corrected chi connectivity index (χ1v) is 9.01. The lowest BCUT2D eigenvalue weighted by molar-refractivity contribution is 0.104. The topological polar surface area (TPSA) is 22.0 Å². The average Bonchev–Trinajstić information content (AvgIpc) is 3.13. The fourth-order valence-corrected chi connectivity index (χ4v) is 3.73. The average molecular weight is 347 g/mol. The summed E-state index contributed by atoms with van der Waals surface area (Å²) in [6, 6.07) is 32.1. The molecule has 0 aliphatic carbocycles. The van der Waals surface area contributed by atoms with Crippen LogP contribution in [0.15, 0.2) is 103 Å². The molecule has 0 unspecified atom stereocenters. The van der Waals surface area contributed by atoms with Crippen molar-refractivity contribution < 1.29 is 4.79 Å². The lowest BCUT2D eigenvalue weighted by Gasteiger charge is -2.05. The molecule has 0 fully saturated rings. The number of aromatic nitrogens is 1. The van der Waals surface area contributed by atoms with Crippen molar-refractivity contribution in [3.05, 3.63) is 114 Å². The molecule has 0 saturated heterocycles. The first kappa shape index (κ1) is 15.6. The molecule has 0 aliphatic rings. The number of carbonyl (C=O) groups is 1. The van der Waals surface area contributed by atoms with E-state index >= 15 is 0 Å². The Morgan fingerprint density at radius 1 is 0.593 bits per heavy atom. The Morgan fingerprint density at radius 2 is 1.26 bits per heavy atom. The number of para-hydroxylation sites is 2. The van der Waals surface area contributed by atoms with Crippen LogP contribution in [0.4, 0.5) is 0 Å². The maximum atomic E-state index is 13.5. The smallest absolute Gasteiger partial charge is 0.195 e. The van der Waals surface area contributed by atoms with Gasteiger partial charge in [0.1, 0.15) is 0 Å². The van der Waals surface area contributed by atoms with E-state index in [4.69, 9.17) is 0 Å². The van der Waals surface area contributed by atoms with E-state index in [2.05, 4.69) is 22.8 Å². The second kappa shape index (κ2) is 6.26. The Kier molecular flexibility index (Phi) is 3.61. The van der Waals surface area contributed by atoms with Crippen molar-refractivity contribution >= 4 is 27.5 Å². The summed E-state index contributed by atoms with van der Waals surface area (Å²) >= 11 is 0. The maximum absolute atomic E-state index is 13.5. The Morgan fingerprint density at radius 3 is 2.11 bits per heavy atom. The molecule has 0 spiro atoms. The predicted octanol–water partition coefficient (Wildman–Crippen LogP) is 6.01. The summed E-state index contributed by atoms with van der Waals surface area (Å²) in [5.74, 6) is 0.0534. The van der Waals surface area contributed by atoms with Gasteiger partial charge in [-0.1, -0.05) is 78.9 Å². The summed E-state index contributed by atoms with van der Waals surface area (Å²) < 4.78 is 2.09. The van der Waals surface area contributed by atoms with Crippen LogP contribution >= 0.6 is 0 Å². The standard InChI is InChI=1S/C25H17NO/c27-25(22-15-8-10-18-9-4-5-13-20(18)22)23-17-26(19-11-2-1-3-12-19)24-16-7-6-14-21(23)24/h1-17H. The Hall–Kier alpha value is -3.65. The van der Waals surface area contributed by atoms with Gasteiger partial charge >= 0.3 is 0 Å². The van der Waals surface area contributed by atoms with Crippen molar-refractivity contribution in [3.63, 3.8) is 0 Å². The highest BCUT2D eigenvalue weighted by Gasteiger charge is 2.18. The number of fused-ring (bicyclic) bond motifs is 2. The molecule has 1 aromatic heterocycles. The fourth-order valence-electron chi connectivity index (χ4n) is 3.73. The molecule has 1 heterocycles. The van der Waals surface area contributed by atoms with Crippen molar-refractivity contribution in [3.8, 4) is 5.69 Å².